The van der Waals surface area contributed by atoms with Crippen molar-refractivity contribution in [1.82, 2.24) is 0 Å². The SMILES string of the molecule is c1ccc(C2C(c3ccc(-c4ccc5c(-c6ccc7ccccc7c6)c6ccccc6c(-c6ccc7ccccc7c6)c5c4)cc3)=Nc3ccccc32)cc1. The molecule has 1 heterocycles. The monoisotopic (exact) mass is 697 g/mol. The molecule has 10 aromatic rings. The molecule has 0 aromatic heterocycles. The van der Waals surface area contributed by atoms with Crippen LogP contribution in [0.2, 0.25) is 0 Å². The Morgan fingerprint density at radius 1 is 0.309 bits per heavy atom. The molecule has 256 valence electrons. The van der Waals surface area contributed by atoms with Gasteiger partial charge < -0.3 is 0 Å². The molecule has 10 aromatic carbocycles. The van der Waals surface area contributed by atoms with Gasteiger partial charge in [0.15, 0.2) is 0 Å². The van der Waals surface area contributed by atoms with Crippen LogP contribution in [0.1, 0.15) is 22.6 Å². The minimum atomic E-state index is 0.107. The highest BCUT2D eigenvalue weighted by molar-refractivity contribution is 6.22. The van der Waals surface area contributed by atoms with E-state index in [2.05, 4.69) is 206 Å². The smallest absolute Gasteiger partial charge is 0.0675 e. The van der Waals surface area contributed by atoms with Crippen molar-refractivity contribution in [3.8, 4) is 33.4 Å². The van der Waals surface area contributed by atoms with Gasteiger partial charge in [0.1, 0.15) is 0 Å². The van der Waals surface area contributed by atoms with Gasteiger partial charge in [-0.25, -0.2) is 0 Å². The normalized spacial score (nSPS) is 13.7. The number of fused-ring (bicyclic) bond motifs is 5. The van der Waals surface area contributed by atoms with Gasteiger partial charge in [-0.05, 0) is 117 Å². The third-order valence-corrected chi connectivity index (χ3v) is 11.5. The zero-order chi connectivity index (χ0) is 36.3. The maximum absolute atomic E-state index is 5.19. The van der Waals surface area contributed by atoms with Crippen LogP contribution in [0.4, 0.5) is 5.69 Å². The van der Waals surface area contributed by atoms with E-state index in [1.807, 2.05) is 0 Å². The average molecular weight is 698 g/mol. The molecule has 1 heteroatoms. The van der Waals surface area contributed by atoms with Gasteiger partial charge in [-0.2, -0.15) is 0 Å². The van der Waals surface area contributed by atoms with Gasteiger partial charge in [-0.15, -0.1) is 0 Å². The molecule has 0 bridgehead atoms. The minimum Gasteiger partial charge on any atom is -0.252 e. The fourth-order valence-electron chi connectivity index (χ4n) is 8.89. The summed E-state index contributed by atoms with van der Waals surface area (Å²) in [5.41, 5.74) is 13.2. The van der Waals surface area contributed by atoms with Gasteiger partial charge in [-0.1, -0.05) is 182 Å². The van der Waals surface area contributed by atoms with Crippen LogP contribution in [0.15, 0.2) is 211 Å². The molecule has 0 amide bonds. The Labute approximate surface area is 320 Å². The van der Waals surface area contributed by atoms with Gasteiger partial charge in [-0.3, -0.25) is 4.99 Å². The van der Waals surface area contributed by atoms with E-state index in [0.29, 0.717) is 0 Å². The van der Waals surface area contributed by atoms with Gasteiger partial charge in [0.05, 0.1) is 17.3 Å². The Morgan fingerprint density at radius 2 is 0.800 bits per heavy atom. The Morgan fingerprint density at radius 3 is 1.47 bits per heavy atom. The van der Waals surface area contributed by atoms with Crippen molar-refractivity contribution in [2.75, 3.05) is 0 Å². The number of nitrogens with zero attached hydrogens (tertiary/aromatic N) is 1. The first-order valence-corrected chi connectivity index (χ1v) is 19.1. The summed E-state index contributed by atoms with van der Waals surface area (Å²) in [5.74, 6) is 0.107. The van der Waals surface area contributed by atoms with E-state index >= 15 is 0 Å². The first kappa shape index (κ1) is 31.4. The van der Waals surface area contributed by atoms with E-state index in [1.54, 1.807) is 0 Å². The summed E-state index contributed by atoms with van der Waals surface area (Å²) in [4.78, 5) is 5.19. The summed E-state index contributed by atoms with van der Waals surface area (Å²) in [6.45, 7) is 0. The summed E-state index contributed by atoms with van der Waals surface area (Å²) in [6.07, 6.45) is 0. The van der Waals surface area contributed by atoms with E-state index in [9.17, 15) is 0 Å². The lowest BCUT2D eigenvalue weighted by Crippen LogP contribution is -2.11. The molecular formula is C54H35N. The number of rotatable bonds is 5. The molecule has 0 fully saturated rings. The van der Waals surface area contributed by atoms with Crippen LogP contribution in [0.5, 0.6) is 0 Å². The fraction of sp³-hybridized carbons (Fsp3) is 0.0185. The molecule has 1 aliphatic heterocycles. The average Bonchev–Trinajstić information content (AvgIpc) is 3.65. The van der Waals surface area contributed by atoms with E-state index in [1.165, 1.54) is 87.6 Å². The third kappa shape index (κ3) is 5.28. The molecule has 0 spiro atoms. The lowest BCUT2D eigenvalue weighted by Gasteiger charge is -2.19. The van der Waals surface area contributed by atoms with Crippen LogP contribution in [0.3, 0.4) is 0 Å². The van der Waals surface area contributed by atoms with Crippen molar-refractivity contribution < 1.29 is 0 Å². The minimum absolute atomic E-state index is 0.107. The summed E-state index contributed by atoms with van der Waals surface area (Å²) in [6, 6.07) is 75.5. The van der Waals surface area contributed by atoms with E-state index in [0.717, 1.165) is 17.0 Å². The standard InChI is InChI=1S/C54H35N/c1-2-14-38(15-3-1)53-48-20-10-11-21-50(48)55-54(53)39-26-22-37(23-27-39)42-30-31-47-49(34-42)52(44-29-25-36-13-5-7-17-41(36)33-44)46-19-9-8-18-45(46)51(47)43-28-24-35-12-4-6-16-40(35)32-43/h1-34,53H. The highest BCUT2D eigenvalue weighted by Crippen LogP contribution is 2.46. The van der Waals surface area contributed by atoms with Crippen LogP contribution in [-0.4, -0.2) is 5.71 Å². The van der Waals surface area contributed by atoms with Crippen LogP contribution in [-0.2, 0) is 0 Å². The van der Waals surface area contributed by atoms with Crippen LogP contribution in [0.25, 0.3) is 76.5 Å². The molecule has 1 unspecified atom stereocenters. The highest BCUT2D eigenvalue weighted by Gasteiger charge is 2.29. The quantitative estimate of drug-likeness (QED) is 0.159. The van der Waals surface area contributed by atoms with Crippen molar-refractivity contribution in [2.45, 2.75) is 5.92 Å². The number of benzene rings is 10. The van der Waals surface area contributed by atoms with Crippen molar-refractivity contribution in [3.63, 3.8) is 0 Å². The van der Waals surface area contributed by atoms with Crippen LogP contribution < -0.4 is 0 Å². The highest BCUT2D eigenvalue weighted by atomic mass is 14.8. The predicted molar refractivity (Wildman–Crippen MR) is 234 cm³/mol. The Kier molecular flexibility index (Phi) is 7.31. The second kappa shape index (κ2) is 12.8. The lowest BCUT2D eigenvalue weighted by atomic mass is 9.84. The van der Waals surface area contributed by atoms with Gasteiger partial charge >= 0.3 is 0 Å². The maximum Gasteiger partial charge on any atom is 0.0675 e. The fourth-order valence-corrected chi connectivity index (χ4v) is 8.89. The second-order valence-electron chi connectivity index (χ2n) is 14.7. The molecule has 0 radical (unpaired) electrons. The van der Waals surface area contributed by atoms with E-state index in [-0.39, 0.29) is 5.92 Å². The van der Waals surface area contributed by atoms with Crippen molar-refractivity contribution in [3.05, 3.63) is 223 Å². The Bertz CT molecular complexity index is 3130. The number of aliphatic imine (C=N–C) groups is 1. The number of hydrogen-bond donors (Lipinski definition) is 0. The molecule has 1 atom stereocenters. The number of hydrogen-bond acceptors (Lipinski definition) is 1. The summed E-state index contributed by atoms with van der Waals surface area (Å²) in [7, 11) is 0. The molecule has 1 aliphatic rings. The molecule has 0 N–H and O–H groups in total. The summed E-state index contributed by atoms with van der Waals surface area (Å²) in [5, 5.41) is 10.0. The largest absolute Gasteiger partial charge is 0.252 e. The maximum atomic E-state index is 5.19. The van der Waals surface area contributed by atoms with Crippen molar-refractivity contribution in [2.24, 2.45) is 4.99 Å². The first-order valence-electron chi connectivity index (χ1n) is 19.1. The second-order valence-corrected chi connectivity index (χ2v) is 14.7. The van der Waals surface area contributed by atoms with Gasteiger partial charge in [0, 0.05) is 0 Å². The zero-order valence-electron chi connectivity index (χ0n) is 30.2. The molecule has 0 saturated carbocycles. The molecule has 1 nitrogen and oxygen atoms in total. The van der Waals surface area contributed by atoms with Gasteiger partial charge in [0.25, 0.3) is 0 Å². The van der Waals surface area contributed by atoms with Crippen LogP contribution in [0, 0.1) is 0 Å². The topological polar surface area (TPSA) is 12.4 Å². The van der Waals surface area contributed by atoms with Crippen molar-refractivity contribution in [1.29, 1.82) is 0 Å². The molecule has 0 aliphatic carbocycles. The van der Waals surface area contributed by atoms with E-state index in [4.69, 9.17) is 4.99 Å². The first-order chi connectivity index (χ1) is 27.3. The van der Waals surface area contributed by atoms with Gasteiger partial charge in [0.2, 0.25) is 0 Å². The Balaban J connectivity index is 1.10. The van der Waals surface area contributed by atoms with E-state index < -0.39 is 0 Å². The summed E-state index contributed by atoms with van der Waals surface area (Å²) >= 11 is 0. The lowest BCUT2D eigenvalue weighted by molar-refractivity contribution is 1.11. The van der Waals surface area contributed by atoms with Crippen LogP contribution >= 0.6 is 0 Å². The third-order valence-electron chi connectivity index (χ3n) is 11.5. The zero-order valence-corrected chi connectivity index (χ0v) is 30.2. The summed E-state index contributed by atoms with van der Waals surface area (Å²) < 4.78 is 0. The molecular weight excluding hydrogens is 663 g/mol. The molecule has 55 heavy (non-hydrogen) atoms. The molecule has 0 saturated heterocycles. The predicted octanol–water partition coefficient (Wildman–Crippen LogP) is 14.6. The molecule has 11 rings (SSSR count). The Hall–Kier alpha value is -7.09. The number of para-hydroxylation sites is 1. The van der Waals surface area contributed by atoms with Crippen molar-refractivity contribution >= 4 is 54.5 Å².